The first-order valence-electron chi connectivity index (χ1n) is 6.14. The Hall–Kier alpha value is -1.08. The molecule has 0 atom stereocenters. The van der Waals surface area contributed by atoms with Crippen LogP contribution in [0, 0.1) is 0 Å². The lowest BCUT2D eigenvalue weighted by Crippen LogP contribution is -1.86. The molecule has 0 aliphatic rings. The Morgan fingerprint density at radius 1 is 1.12 bits per heavy atom. The van der Waals surface area contributed by atoms with E-state index < -0.39 is 0 Å². The van der Waals surface area contributed by atoms with Gasteiger partial charge < -0.3 is 0 Å². The zero-order chi connectivity index (χ0) is 12.1. The van der Waals surface area contributed by atoms with E-state index in [4.69, 9.17) is 0 Å². The van der Waals surface area contributed by atoms with Gasteiger partial charge in [-0.1, -0.05) is 71.7 Å². The number of rotatable bonds is 4. The highest BCUT2D eigenvalue weighted by molar-refractivity contribution is 9.11. The summed E-state index contributed by atoms with van der Waals surface area (Å²) in [6, 6.07) is 15.1. The number of halogens is 1. The van der Waals surface area contributed by atoms with Gasteiger partial charge in [0.25, 0.3) is 0 Å². The Morgan fingerprint density at radius 3 is 2.65 bits per heavy atom. The highest BCUT2D eigenvalue weighted by Gasteiger charge is 2.05. The quantitative estimate of drug-likeness (QED) is 0.670. The lowest BCUT2D eigenvalue weighted by Gasteiger charge is -2.09. The SMILES string of the molecule is CCCCC(=CBr)c1cccc2ccccc12. The number of hydrogen-bond donors (Lipinski definition) is 0. The van der Waals surface area contributed by atoms with Gasteiger partial charge in [-0.3, -0.25) is 0 Å². The fourth-order valence-corrected chi connectivity index (χ4v) is 2.60. The summed E-state index contributed by atoms with van der Waals surface area (Å²) in [5, 5.41) is 2.66. The predicted octanol–water partition coefficient (Wildman–Crippen LogP) is 5.77. The van der Waals surface area contributed by atoms with Crippen LogP contribution in [0.15, 0.2) is 47.4 Å². The Kier molecular flexibility index (Phi) is 4.38. The van der Waals surface area contributed by atoms with E-state index in [1.807, 2.05) is 0 Å². The largest absolute Gasteiger partial charge is 0.0654 e. The molecule has 0 saturated carbocycles. The van der Waals surface area contributed by atoms with Crippen molar-refractivity contribution in [1.29, 1.82) is 0 Å². The minimum absolute atomic E-state index is 1.13. The third-order valence-corrected chi connectivity index (χ3v) is 3.62. The van der Waals surface area contributed by atoms with Crippen molar-refractivity contribution in [3.05, 3.63) is 53.0 Å². The van der Waals surface area contributed by atoms with Crippen LogP contribution >= 0.6 is 15.9 Å². The maximum atomic E-state index is 3.51. The number of allylic oxidation sites excluding steroid dienone is 1. The highest BCUT2D eigenvalue weighted by Crippen LogP contribution is 2.29. The van der Waals surface area contributed by atoms with E-state index in [0.717, 1.165) is 6.42 Å². The summed E-state index contributed by atoms with van der Waals surface area (Å²) < 4.78 is 0. The molecule has 0 bridgehead atoms. The van der Waals surface area contributed by atoms with Gasteiger partial charge in [0.05, 0.1) is 0 Å². The number of hydrogen-bond acceptors (Lipinski definition) is 0. The second kappa shape index (κ2) is 6.02. The summed E-state index contributed by atoms with van der Waals surface area (Å²) >= 11 is 3.51. The Balaban J connectivity index is 2.46. The topological polar surface area (TPSA) is 0 Å². The normalized spacial score (nSPS) is 12.0. The molecule has 0 unspecified atom stereocenters. The van der Waals surface area contributed by atoms with Gasteiger partial charge in [0.1, 0.15) is 0 Å². The number of unbranched alkanes of at least 4 members (excludes halogenated alkanes) is 1. The van der Waals surface area contributed by atoms with E-state index in [9.17, 15) is 0 Å². The van der Waals surface area contributed by atoms with Gasteiger partial charge in [-0.2, -0.15) is 0 Å². The molecule has 2 aromatic carbocycles. The Labute approximate surface area is 111 Å². The molecule has 88 valence electrons. The lowest BCUT2D eigenvalue weighted by atomic mass is 9.96. The summed E-state index contributed by atoms with van der Waals surface area (Å²) in [5.41, 5.74) is 2.75. The molecule has 0 aliphatic heterocycles. The first-order chi connectivity index (χ1) is 8.36. The lowest BCUT2D eigenvalue weighted by molar-refractivity contribution is 0.825. The molecular weight excluding hydrogens is 272 g/mol. The van der Waals surface area contributed by atoms with E-state index in [2.05, 4.69) is 70.3 Å². The van der Waals surface area contributed by atoms with Crippen LogP contribution in [0.2, 0.25) is 0 Å². The van der Waals surface area contributed by atoms with Gasteiger partial charge in [0.15, 0.2) is 0 Å². The van der Waals surface area contributed by atoms with Crippen molar-refractivity contribution in [1.82, 2.24) is 0 Å². The van der Waals surface area contributed by atoms with Gasteiger partial charge in [-0.05, 0) is 39.7 Å². The van der Waals surface area contributed by atoms with E-state index in [0.29, 0.717) is 0 Å². The average Bonchev–Trinajstić information content (AvgIpc) is 2.40. The Morgan fingerprint density at radius 2 is 1.88 bits per heavy atom. The van der Waals surface area contributed by atoms with Crippen LogP contribution < -0.4 is 0 Å². The molecule has 2 aromatic rings. The van der Waals surface area contributed by atoms with Crippen molar-refractivity contribution in [3.63, 3.8) is 0 Å². The van der Waals surface area contributed by atoms with Gasteiger partial charge in [0.2, 0.25) is 0 Å². The van der Waals surface area contributed by atoms with Crippen LogP contribution in [-0.2, 0) is 0 Å². The molecule has 17 heavy (non-hydrogen) atoms. The standard InChI is InChI=1S/C16H17Br/c1-2-3-7-14(12-17)16-11-6-9-13-8-4-5-10-15(13)16/h4-6,8-12H,2-3,7H2,1H3. The average molecular weight is 289 g/mol. The number of fused-ring (bicyclic) bond motifs is 1. The molecule has 2 rings (SSSR count). The van der Waals surface area contributed by atoms with Crippen LogP contribution in [0.25, 0.3) is 16.3 Å². The third kappa shape index (κ3) is 2.78. The van der Waals surface area contributed by atoms with Crippen LogP contribution in [0.1, 0.15) is 31.7 Å². The molecule has 0 N–H and O–H groups in total. The summed E-state index contributed by atoms with van der Waals surface area (Å²) in [6.45, 7) is 2.23. The molecule has 0 fully saturated rings. The summed E-state index contributed by atoms with van der Waals surface area (Å²) in [5.74, 6) is 0. The van der Waals surface area contributed by atoms with Crippen molar-refractivity contribution in [2.24, 2.45) is 0 Å². The summed E-state index contributed by atoms with van der Waals surface area (Å²) in [4.78, 5) is 2.07. The van der Waals surface area contributed by atoms with Crippen molar-refractivity contribution in [2.45, 2.75) is 26.2 Å². The molecule has 0 radical (unpaired) electrons. The molecule has 0 nitrogen and oxygen atoms in total. The molecule has 1 heteroatoms. The second-order valence-electron chi connectivity index (χ2n) is 4.26. The summed E-state index contributed by atoms with van der Waals surface area (Å²) in [6.07, 6.45) is 3.60. The van der Waals surface area contributed by atoms with Crippen molar-refractivity contribution in [3.8, 4) is 0 Å². The second-order valence-corrected chi connectivity index (χ2v) is 4.72. The van der Waals surface area contributed by atoms with E-state index in [1.54, 1.807) is 0 Å². The van der Waals surface area contributed by atoms with Crippen LogP contribution in [0.3, 0.4) is 0 Å². The van der Waals surface area contributed by atoms with Crippen LogP contribution in [0.5, 0.6) is 0 Å². The van der Waals surface area contributed by atoms with E-state index >= 15 is 0 Å². The maximum absolute atomic E-state index is 3.51. The van der Waals surface area contributed by atoms with Crippen molar-refractivity contribution >= 4 is 32.3 Å². The minimum atomic E-state index is 1.13. The molecule has 0 heterocycles. The maximum Gasteiger partial charge on any atom is -0.0108 e. The van der Waals surface area contributed by atoms with E-state index in [-0.39, 0.29) is 0 Å². The van der Waals surface area contributed by atoms with Gasteiger partial charge in [-0.15, -0.1) is 0 Å². The molecule has 0 saturated heterocycles. The van der Waals surface area contributed by atoms with Crippen molar-refractivity contribution in [2.75, 3.05) is 0 Å². The van der Waals surface area contributed by atoms with Crippen LogP contribution in [0.4, 0.5) is 0 Å². The Bertz CT molecular complexity index is 521. The molecule has 0 spiro atoms. The van der Waals surface area contributed by atoms with Gasteiger partial charge >= 0.3 is 0 Å². The van der Waals surface area contributed by atoms with Crippen molar-refractivity contribution < 1.29 is 0 Å². The van der Waals surface area contributed by atoms with Gasteiger partial charge in [0, 0.05) is 0 Å². The first kappa shape index (κ1) is 12.4. The summed E-state index contributed by atoms with van der Waals surface area (Å²) in [7, 11) is 0. The van der Waals surface area contributed by atoms with E-state index in [1.165, 1.54) is 34.8 Å². The fourth-order valence-electron chi connectivity index (χ4n) is 2.12. The zero-order valence-electron chi connectivity index (χ0n) is 10.1. The van der Waals surface area contributed by atoms with Crippen LogP contribution in [-0.4, -0.2) is 0 Å². The monoisotopic (exact) mass is 288 g/mol. The molecular formula is C16H17Br. The molecule has 0 amide bonds. The predicted molar refractivity (Wildman–Crippen MR) is 80.4 cm³/mol. The highest BCUT2D eigenvalue weighted by atomic mass is 79.9. The molecule has 0 aromatic heterocycles. The zero-order valence-corrected chi connectivity index (χ0v) is 11.7. The third-order valence-electron chi connectivity index (χ3n) is 3.07. The minimum Gasteiger partial charge on any atom is -0.0654 e. The fraction of sp³-hybridized carbons (Fsp3) is 0.250. The first-order valence-corrected chi connectivity index (χ1v) is 7.05. The molecule has 0 aliphatic carbocycles. The number of benzene rings is 2. The smallest absolute Gasteiger partial charge is 0.0108 e. The van der Waals surface area contributed by atoms with Gasteiger partial charge in [-0.25, -0.2) is 0 Å².